The van der Waals surface area contributed by atoms with Gasteiger partial charge in [-0.05, 0) is 27.7 Å². The summed E-state index contributed by atoms with van der Waals surface area (Å²) in [5.41, 5.74) is 1.55. The maximum absolute atomic E-state index is 13.0. The Morgan fingerprint density at radius 2 is 1.81 bits per heavy atom. The molecule has 0 saturated heterocycles. The third kappa shape index (κ3) is 3.58. The normalized spacial score (nSPS) is 13.2. The van der Waals surface area contributed by atoms with Gasteiger partial charge in [0, 0.05) is 31.9 Å². The first-order valence-corrected chi connectivity index (χ1v) is 8.29. The lowest BCUT2D eigenvalue weighted by Gasteiger charge is -2.22. The number of halogens is 4. The second kappa shape index (κ2) is 6.94. The maximum Gasteiger partial charge on any atom is 0.436 e. The van der Waals surface area contributed by atoms with Gasteiger partial charge in [-0.2, -0.15) is 23.4 Å². The number of rotatable bonds is 4. The second-order valence-corrected chi connectivity index (χ2v) is 6.71. The van der Waals surface area contributed by atoms with Crippen LogP contribution in [0, 0.1) is 20.8 Å². The Balaban J connectivity index is 2.27. The van der Waals surface area contributed by atoms with Crippen LogP contribution in [0.2, 0.25) is 5.02 Å². The monoisotopic (exact) mass is 391 g/mol. The van der Waals surface area contributed by atoms with Crippen molar-refractivity contribution in [2.24, 2.45) is 7.05 Å². The zero-order valence-electron chi connectivity index (χ0n) is 15.4. The number of aryl methyl sites for hydroxylation is 2. The van der Waals surface area contributed by atoms with Crippen LogP contribution in [0.3, 0.4) is 0 Å². The van der Waals surface area contributed by atoms with Crippen molar-refractivity contribution in [2.75, 3.05) is 7.05 Å². The molecule has 0 unspecified atom stereocenters. The fourth-order valence-electron chi connectivity index (χ4n) is 2.84. The molecule has 2 aromatic rings. The van der Waals surface area contributed by atoms with Crippen molar-refractivity contribution in [2.45, 2.75) is 46.5 Å². The van der Waals surface area contributed by atoms with Crippen LogP contribution in [-0.2, 0) is 24.6 Å². The molecule has 6 nitrogen and oxygen atoms in total. The Morgan fingerprint density at radius 3 is 2.23 bits per heavy atom. The smallest absolute Gasteiger partial charge is 0.339 e. The molecule has 0 fully saturated rings. The minimum absolute atomic E-state index is 0.0991. The van der Waals surface area contributed by atoms with Gasteiger partial charge < -0.3 is 4.90 Å². The zero-order chi connectivity index (χ0) is 20.0. The molecular formula is C16H21ClF3N5O. The van der Waals surface area contributed by atoms with Crippen molar-refractivity contribution in [1.82, 2.24) is 24.5 Å². The van der Waals surface area contributed by atoms with Crippen LogP contribution in [0.25, 0.3) is 0 Å². The summed E-state index contributed by atoms with van der Waals surface area (Å²) in [7, 11) is 3.40. The Bertz CT molecular complexity index is 840. The van der Waals surface area contributed by atoms with Gasteiger partial charge >= 0.3 is 6.18 Å². The highest BCUT2D eigenvalue weighted by molar-refractivity contribution is 6.32. The van der Waals surface area contributed by atoms with Gasteiger partial charge in [0.25, 0.3) is 0 Å². The van der Waals surface area contributed by atoms with Crippen LogP contribution >= 0.6 is 11.6 Å². The molecule has 10 heteroatoms. The van der Waals surface area contributed by atoms with Gasteiger partial charge in [0.05, 0.1) is 16.4 Å². The molecule has 0 aliphatic rings. The number of aromatic nitrogens is 4. The Kier molecular flexibility index (Phi) is 5.41. The Labute approximate surface area is 154 Å². The number of likely N-dealkylation sites (N-methyl/N-ethyl adjacent to an activating group) is 1. The minimum atomic E-state index is -4.67. The van der Waals surface area contributed by atoms with E-state index in [-0.39, 0.29) is 11.6 Å². The quantitative estimate of drug-likeness (QED) is 0.802. The second-order valence-electron chi connectivity index (χ2n) is 6.33. The summed E-state index contributed by atoms with van der Waals surface area (Å²) < 4.78 is 41.7. The van der Waals surface area contributed by atoms with Gasteiger partial charge in [0.2, 0.25) is 5.91 Å². The predicted octanol–water partition coefficient (Wildman–Crippen LogP) is 3.43. The molecule has 0 aromatic carbocycles. The van der Waals surface area contributed by atoms with Crippen LogP contribution in [0.1, 0.15) is 41.3 Å². The van der Waals surface area contributed by atoms with E-state index in [1.807, 2.05) is 20.9 Å². The summed E-state index contributed by atoms with van der Waals surface area (Å²) in [5, 5.41) is 7.34. The van der Waals surface area contributed by atoms with Crippen LogP contribution in [0.5, 0.6) is 0 Å². The van der Waals surface area contributed by atoms with E-state index in [4.69, 9.17) is 11.6 Å². The summed E-state index contributed by atoms with van der Waals surface area (Å²) in [5.74, 6) is -0.372. The van der Waals surface area contributed by atoms with Crippen LogP contribution in [0.4, 0.5) is 13.2 Å². The molecule has 2 heterocycles. The first kappa shape index (κ1) is 20.3. The maximum atomic E-state index is 13.0. The van der Waals surface area contributed by atoms with Gasteiger partial charge in [-0.25, -0.2) is 0 Å². The predicted molar refractivity (Wildman–Crippen MR) is 90.8 cm³/mol. The van der Waals surface area contributed by atoms with E-state index >= 15 is 0 Å². The lowest BCUT2D eigenvalue weighted by molar-refractivity contribution is -0.142. The topological polar surface area (TPSA) is 56.0 Å². The Morgan fingerprint density at radius 1 is 1.23 bits per heavy atom. The summed E-state index contributed by atoms with van der Waals surface area (Å²) in [6, 6.07) is -0.925. The standard InChI is InChI=1S/C16H21ClF3N5O/c1-8-12(9(2)24(6)21-8)7-23(5)15(26)11(4)25-10(3)13(17)14(22-25)16(18,19)20/h11H,7H2,1-6H3/t11-/m1/s1. The number of hydrogen-bond acceptors (Lipinski definition) is 3. The van der Waals surface area contributed by atoms with Gasteiger partial charge in [-0.15, -0.1) is 0 Å². The number of carbonyl (C=O) groups is 1. The molecule has 0 spiro atoms. The SMILES string of the molecule is Cc1nn(C)c(C)c1CN(C)C(=O)[C@@H](C)n1nc(C(F)(F)F)c(Cl)c1C. The number of hydrogen-bond donors (Lipinski definition) is 0. The highest BCUT2D eigenvalue weighted by Crippen LogP contribution is 2.36. The molecule has 2 aromatic heterocycles. The van der Waals surface area contributed by atoms with Crippen molar-refractivity contribution >= 4 is 17.5 Å². The number of alkyl halides is 3. The molecule has 0 bridgehead atoms. The molecule has 1 amide bonds. The molecule has 2 rings (SSSR count). The summed E-state index contributed by atoms with van der Waals surface area (Å²) in [6.07, 6.45) is -4.67. The summed E-state index contributed by atoms with van der Waals surface area (Å²) in [4.78, 5) is 14.2. The molecule has 0 aliphatic heterocycles. The molecule has 0 saturated carbocycles. The van der Waals surface area contributed by atoms with Crippen molar-refractivity contribution < 1.29 is 18.0 Å². The van der Waals surface area contributed by atoms with E-state index in [0.717, 1.165) is 21.6 Å². The van der Waals surface area contributed by atoms with E-state index in [2.05, 4.69) is 10.2 Å². The van der Waals surface area contributed by atoms with Crippen molar-refractivity contribution in [3.8, 4) is 0 Å². The van der Waals surface area contributed by atoms with Crippen LogP contribution in [0.15, 0.2) is 0 Å². The van der Waals surface area contributed by atoms with E-state index < -0.39 is 22.9 Å². The average Bonchev–Trinajstić information content (AvgIpc) is 2.97. The van der Waals surface area contributed by atoms with Gasteiger partial charge in [0.15, 0.2) is 5.69 Å². The number of amides is 1. The van der Waals surface area contributed by atoms with Crippen LogP contribution < -0.4 is 0 Å². The molecule has 26 heavy (non-hydrogen) atoms. The fourth-order valence-corrected chi connectivity index (χ4v) is 3.07. The first-order valence-electron chi connectivity index (χ1n) is 7.92. The molecule has 0 N–H and O–H groups in total. The van der Waals surface area contributed by atoms with E-state index in [1.54, 1.807) is 11.7 Å². The van der Waals surface area contributed by atoms with E-state index in [9.17, 15) is 18.0 Å². The summed E-state index contributed by atoms with van der Waals surface area (Å²) >= 11 is 5.76. The fraction of sp³-hybridized carbons (Fsp3) is 0.562. The third-order valence-electron chi connectivity index (χ3n) is 4.50. The molecule has 0 aliphatic carbocycles. The molecule has 1 atom stereocenters. The lowest BCUT2D eigenvalue weighted by Crippen LogP contribution is -2.34. The minimum Gasteiger partial charge on any atom is -0.339 e. The highest BCUT2D eigenvalue weighted by atomic mass is 35.5. The highest BCUT2D eigenvalue weighted by Gasteiger charge is 2.39. The van der Waals surface area contributed by atoms with Gasteiger partial charge in [0.1, 0.15) is 6.04 Å². The molecular weight excluding hydrogens is 371 g/mol. The van der Waals surface area contributed by atoms with Crippen molar-refractivity contribution in [1.29, 1.82) is 0 Å². The largest absolute Gasteiger partial charge is 0.436 e. The van der Waals surface area contributed by atoms with E-state index in [0.29, 0.717) is 6.54 Å². The lowest BCUT2D eigenvalue weighted by atomic mass is 10.1. The first-order chi connectivity index (χ1) is 11.9. The third-order valence-corrected chi connectivity index (χ3v) is 4.95. The zero-order valence-corrected chi connectivity index (χ0v) is 16.2. The van der Waals surface area contributed by atoms with Crippen LogP contribution in [-0.4, -0.2) is 37.4 Å². The van der Waals surface area contributed by atoms with Gasteiger partial charge in [-0.3, -0.25) is 14.2 Å². The molecule has 0 radical (unpaired) electrons. The number of nitrogens with zero attached hydrogens (tertiary/aromatic N) is 5. The van der Waals surface area contributed by atoms with E-state index in [1.165, 1.54) is 18.7 Å². The van der Waals surface area contributed by atoms with Crippen molar-refractivity contribution in [3.63, 3.8) is 0 Å². The van der Waals surface area contributed by atoms with Gasteiger partial charge in [-0.1, -0.05) is 11.6 Å². The van der Waals surface area contributed by atoms with Crippen molar-refractivity contribution in [3.05, 3.63) is 33.4 Å². The number of carbonyl (C=O) groups excluding carboxylic acids is 1. The average molecular weight is 392 g/mol. The molecule has 144 valence electrons. The summed E-state index contributed by atoms with van der Waals surface area (Å²) in [6.45, 7) is 6.94. The Hall–Kier alpha value is -2.03.